The smallest absolute Gasteiger partial charge is 0.0707 e. The lowest BCUT2D eigenvalue weighted by atomic mass is 9.87. The van der Waals surface area contributed by atoms with Crippen LogP contribution in [0.4, 0.5) is 0 Å². The third-order valence-corrected chi connectivity index (χ3v) is 2.02. The van der Waals surface area contributed by atoms with Crippen molar-refractivity contribution in [3.05, 3.63) is 0 Å². The van der Waals surface area contributed by atoms with Gasteiger partial charge in [-0.1, -0.05) is 0 Å². The van der Waals surface area contributed by atoms with Crippen molar-refractivity contribution in [2.24, 2.45) is 11.5 Å². The fourth-order valence-corrected chi connectivity index (χ4v) is 1.22. The van der Waals surface area contributed by atoms with Gasteiger partial charge in [0.2, 0.25) is 0 Å². The first-order valence-corrected chi connectivity index (χ1v) is 3.48. The molecule has 0 bridgehead atoms. The number of nitrogens with two attached hydrogens (primary N) is 2. The average Bonchev–Trinajstić information content (AvgIpc) is 1.84. The molecule has 1 saturated carbocycles. The highest BCUT2D eigenvalue weighted by molar-refractivity contribution is 4.89. The summed E-state index contributed by atoms with van der Waals surface area (Å²) in [5.41, 5.74) is 10.9. The van der Waals surface area contributed by atoms with E-state index in [9.17, 15) is 0 Å². The minimum absolute atomic E-state index is 0.310. The Labute approximate surface area is 59.8 Å². The molecular weight excluding hydrogens is 132 g/mol. The molecule has 0 heterocycles. The Kier molecular flexibility index (Phi) is 2.25. The highest BCUT2D eigenvalue weighted by Gasteiger charge is 2.30. The molecular formula is C6H14N2O2. The summed E-state index contributed by atoms with van der Waals surface area (Å²) in [6.07, 6.45) is -0.276. The van der Waals surface area contributed by atoms with Gasteiger partial charge in [-0.05, 0) is 12.8 Å². The molecule has 4 heteroatoms. The van der Waals surface area contributed by atoms with E-state index >= 15 is 0 Å². The summed E-state index contributed by atoms with van der Waals surface area (Å²) in [6, 6.07) is -0.621. The van der Waals surface area contributed by atoms with Gasteiger partial charge in [-0.3, -0.25) is 0 Å². The molecule has 10 heavy (non-hydrogen) atoms. The first-order chi connectivity index (χ1) is 4.61. The lowest BCUT2D eigenvalue weighted by molar-refractivity contribution is 0.0229. The molecule has 1 aliphatic carbocycles. The minimum atomic E-state index is -0.543. The molecule has 2 unspecified atom stereocenters. The van der Waals surface area contributed by atoms with E-state index in [-0.39, 0.29) is 12.1 Å². The van der Waals surface area contributed by atoms with E-state index in [4.69, 9.17) is 21.7 Å². The summed E-state index contributed by atoms with van der Waals surface area (Å²) < 4.78 is 0. The van der Waals surface area contributed by atoms with E-state index in [1.165, 1.54) is 0 Å². The lowest BCUT2D eigenvalue weighted by Crippen LogP contribution is -2.52. The SMILES string of the molecule is NC1C[C@@H](O)C(N)C[C@H]1O. The zero-order valence-corrected chi connectivity index (χ0v) is 5.77. The summed E-state index contributed by atoms with van der Waals surface area (Å²) in [5.74, 6) is 0. The summed E-state index contributed by atoms with van der Waals surface area (Å²) in [6.45, 7) is 0. The number of rotatable bonds is 0. The summed E-state index contributed by atoms with van der Waals surface area (Å²) in [4.78, 5) is 0. The monoisotopic (exact) mass is 146 g/mol. The van der Waals surface area contributed by atoms with Gasteiger partial charge < -0.3 is 21.7 Å². The fourth-order valence-electron chi connectivity index (χ4n) is 1.22. The molecule has 0 spiro atoms. The number of hydrogen-bond donors (Lipinski definition) is 4. The molecule has 0 amide bonds. The van der Waals surface area contributed by atoms with Crippen molar-refractivity contribution in [1.82, 2.24) is 0 Å². The van der Waals surface area contributed by atoms with Gasteiger partial charge in [0.1, 0.15) is 0 Å². The molecule has 1 aliphatic rings. The van der Waals surface area contributed by atoms with E-state index in [1.807, 2.05) is 0 Å². The maximum absolute atomic E-state index is 9.15. The Morgan fingerprint density at radius 2 is 1.20 bits per heavy atom. The quantitative estimate of drug-likeness (QED) is 0.323. The number of aliphatic hydroxyl groups excluding tert-OH is 2. The third kappa shape index (κ3) is 1.46. The van der Waals surface area contributed by atoms with Gasteiger partial charge in [0.05, 0.1) is 12.2 Å². The predicted octanol–water partition coefficient (Wildman–Crippen LogP) is -1.84. The van der Waals surface area contributed by atoms with Crippen LogP contribution in [-0.4, -0.2) is 34.5 Å². The van der Waals surface area contributed by atoms with Crippen molar-refractivity contribution in [3.8, 4) is 0 Å². The van der Waals surface area contributed by atoms with Crippen LogP contribution >= 0.6 is 0 Å². The summed E-state index contributed by atoms with van der Waals surface area (Å²) in [7, 11) is 0. The standard InChI is InChI=1S/C6H14N2O2/c7-3-1-5(9)4(8)2-6(3)10/h3-6,9-10H,1-2,7-8H2/t3?,4?,5-,6-/m1/s1. The molecule has 0 saturated heterocycles. The second kappa shape index (κ2) is 2.84. The van der Waals surface area contributed by atoms with Gasteiger partial charge in [0.15, 0.2) is 0 Å². The van der Waals surface area contributed by atoms with Crippen LogP contribution in [0, 0.1) is 0 Å². The Bertz CT molecular complexity index is 94.3. The van der Waals surface area contributed by atoms with Crippen molar-refractivity contribution in [3.63, 3.8) is 0 Å². The van der Waals surface area contributed by atoms with Gasteiger partial charge >= 0.3 is 0 Å². The van der Waals surface area contributed by atoms with E-state index in [1.54, 1.807) is 0 Å². The second-order valence-electron chi connectivity index (χ2n) is 2.93. The zero-order chi connectivity index (χ0) is 7.72. The third-order valence-electron chi connectivity index (χ3n) is 2.02. The summed E-state index contributed by atoms with van der Waals surface area (Å²) in [5, 5.41) is 18.3. The molecule has 0 aliphatic heterocycles. The first kappa shape index (κ1) is 7.94. The Morgan fingerprint density at radius 1 is 0.900 bits per heavy atom. The molecule has 60 valence electrons. The largest absolute Gasteiger partial charge is 0.391 e. The van der Waals surface area contributed by atoms with Gasteiger partial charge in [0.25, 0.3) is 0 Å². The van der Waals surface area contributed by atoms with Gasteiger partial charge in [-0.2, -0.15) is 0 Å². The van der Waals surface area contributed by atoms with Crippen LogP contribution in [0.15, 0.2) is 0 Å². The van der Waals surface area contributed by atoms with Crippen molar-refractivity contribution < 1.29 is 10.2 Å². The van der Waals surface area contributed by atoms with Crippen LogP contribution in [0.2, 0.25) is 0 Å². The fraction of sp³-hybridized carbons (Fsp3) is 1.00. The van der Waals surface area contributed by atoms with Gasteiger partial charge in [-0.15, -0.1) is 0 Å². The minimum Gasteiger partial charge on any atom is -0.391 e. The maximum Gasteiger partial charge on any atom is 0.0707 e. The van der Waals surface area contributed by atoms with Crippen molar-refractivity contribution in [1.29, 1.82) is 0 Å². The molecule has 6 N–H and O–H groups in total. The maximum atomic E-state index is 9.15. The van der Waals surface area contributed by atoms with E-state index in [0.717, 1.165) is 0 Å². The van der Waals surface area contributed by atoms with Crippen LogP contribution < -0.4 is 11.5 Å². The highest BCUT2D eigenvalue weighted by Crippen LogP contribution is 2.16. The zero-order valence-electron chi connectivity index (χ0n) is 5.77. The molecule has 0 aromatic rings. The van der Waals surface area contributed by atoms with E-state index < -0.39 is 12.2 Å². The molecule has 0 aromatic heterocycles. The predicted molar refractivity (Wildman–Crippen MR) is 37.2 cm³/mol. The van der Waals surface area contributed by atoms with E-state index in [2.05, 4.69) is 0 Å². The van der Waals surface area contributed by atoms with Gasteiger partial charge in [0, 0.05) is 12.1 Å². The molecule has 0 aromatic carbocycles. The average molecular weight is 146 g/mol. The normalized spacial score (nSPS) is 49.2. The Hall–Kier alpha value is -0.160. The van der Waals surface area contributed by atoms with Crippen molar-refractivity contribution in [2.75, 3.05) is 0 Å². The van der Waals surface area contributed by atoms with Crippen LogP contribution in [0.25, 0.3) is 0 Å². The van der Waals surface area contributed by atoms with E-state index in [0.29, 0.717) is 12.8 Å². The molecule has 1 rings (SSSR count). The second-order valence-corrected chi connectivity index (χ2v) is 2.93. The van der Waals surface area contributed by atoms with Crippen molar-refractivity contribution >= 4 is 0 Å². The number of aliphatic hydroxyl groups is 2. The lowest BCUT2D eigenvalue weighted by Gasteiger charge is -2.32. The topological polar surface area (TPSA) is 92.5 Å². The number of hydrogen-bond acceptors (Lipinski definition) is 4. The molecule has 1 fully saturated rings. The van der Waals surface area contributed by atoms with Crippen molar-refractivity contribution in [2.45, 2.75) is 37.1 Å². The van der Waals surface area contributed by atoms with Crippen LogP contribution in [0.5, 0.6) is 0 Å². The van der Waals surface area contributed by atoms with Gasteiger partial charge in [-0.25, -0.2) is 0 Å². The Morgan fingerprint density at radius 3 is 1.50 bits per heavy atom. The first-order valence-electron chi connectivity index (χ1n) is 3.48. The summed E-state index contributed by atoms with van der Waals surface area (Å²) >= 11 is 0. The molecule has 0 radical (unpaired) electrons. The van der Waals surface area contributed by atoms with Crippen LogP contribution in [0.3, 0.4) is 0 Å². The molecule has 4 atom stereocenters. The van der Waals surface area contributed by atoms with Crippen LogP contribution in [0.1, 0.15) is 12.8 Å². The Balaban J connectivity index is 2.46. The highest BCUT2D eigenvalue weighted by atomic mass is 16.3. The molecule has 4 nitrogen and oxygen atoms in total. The van der Waals surface area contributed by atoms with Crippen LogP contribution in [-0.2, 0) is 0 Å².